The Balaban J connectivity index is 3.20. The number of hydrogen-bond donors (Lipinski definition) is 0. The highest BCUT2D eigenvalue weighted by molar-refractivity contribution is 5.36. The summed E-state index contributed by atoms with van der Waals surface area (Å²) in [5, 5.41) is 8.53. The molecule has 0 unspecified atom stereocenters. The zero-order valence-electron chi connectivity index (χ0n) is 7.31. The van der Waals surface area contributed by atoms with Crippen LogP contribution in [-0.4, -0.2) is 4.98 Å². The predicted molar refractivity (Wildman–Crippen MR) is 43.3 cm³/mol. The highest BCUT2D eigenvalue weighted by Gasteiger charge is 2.26. The smallest absolute Gasteiger partial charge is 0.254 e. The van der Waals surface area contributed by atoms with E-state index in [0.29, 0.717) is 11.1 Å². The third-order valence-corrected chi connectivity index (χ3v) is 1.68. The average molecular weight is 182 g/mol. The minimum Gasteiger partial charge on any atom is -0.254 e. The maximum Gasteiger partial charge on any atom is 0.286 e. The van der Waals surface area contributed by atoms with E-state index >= 15 is 0 Å². The second-order valence-corrected chi connectivity index (χ2v) is 2.88. The number of nitriles is 1. The fourth-order valence-electron chi connectivity index (χ4n) is 0.913. The van der Waals surface area contributed by atoms with E-state index in [2.05, 4.69) is 4.98 Å². The molecule has 0 aromatic carbocycles. The van der Waals surface area contributed by atoms with Gasteiger partial charge in [-0.25, -0.2) is 0 Å². The van der Waals surface area contributed by atoms with E-state index in [0.717, 1.165) is 6.92 Å². The van der Waals surface area contributed by atoms with Crippen molar-refractivity contribution in [3.05, 3.63) is 29.1 Å². The number of aromatic nitrogens is 1. The summed E-state index contributed by atoms with van der Waals surface area (Å²) in [5.41, 5.74) is 0.547. The molecule has 4 heteroatoms. The Morgan fingerprint density at radius 3 is 2.54 bits per heavy atom. The van der Waals surface area contributed by atoms with Crippen LogP contribution < -0.4 is 0 Å². The normalized spacial score (nSPS) is 11.0. The summed E-state index contributed by atoms with van der Waals surface area (Å²) in [7, 11) is 0. The Kier molecular flexibility index (Phi) is 2.28. The summed E-state index contributed by atoms with van der Waals surface area (Å²) in [6.07, 6.45) is 1.17. The molecule has 0 fully saturated rings. The number of nitrogens with zero attached hydrogens (tertiary/aromatic N) is 2. The number of aryl methyl sites for hydroxylation is 1. The zero-order valence-corrected chi connectivity index (χ0v) is 7.31. The molecule has 1 rings (SSSR count). The van der Waals surface area contributed by atoms with Gasteiger partial charge < -0.3 is 0 Å². The number of hydrogen-bond acceptors (Lipinski definition) is 2. The predicted octanol–water partition coefficient (Wildman–Crippen LogP) is 2.37. The lowest BCUT2D eigenvalue weighted by Crippen LogP contribution is -2.10. The molecule has 68 valence electrons. The van der Waals surface area contributed by atoms with Crippen molar-refractivity contribution < 1.29 is 8.78 Å². The first kappa shape index (κ1) is 9.59. The largest absolute Gasteiger partial charge is 0.286 e. The maximum absolute atomic E-state index is 12.7. The molecule has 0 bridgehead atoms. The van der Waals surface area contributed by atoms with Crippen LogP contribution in [0.4, 0.5) is 8.78 Å². The fraction of sp³-hybridized carbons (Fsp3) is 0.333. The Bertz CT molecular complexity index is 361. The molecule has 1 heterocycles. The first-order valence-corrected chi connectivity index (χ1v) is 3.70. The highest BCUT2D eigenvalue weighted by atomic mass is 19.3. The summed E-state index contributed by atoms with van der Waals surface area (Å²) in [4.78, 5) is 3.51. The first-order chi connectivity index (χ1) is 5.95. The van der Waals surface area contributed by atoms with E-state index in [9.17, 15) is 8.78 Å². The van der Waals surface area contributed by atoms with Gasteiger partial charge in [0.1, 0.15) is 11.8 Å². The van der Waals surface area contributed by atoms with Crippen molar-refractivity contribution >= 4 is 0 Å². The van der Waals surface area contributed by atoms with Crippen molar-refractivity contribution in [2.45, 2.75) is 19.8 Å². The standard InChI is InChI=1S/C9H8F2N2/c1-6-3-8(9(2,10)11)13-5-7(6)4-12/h3,5H,1-2H3. The van der Waals surface area contributed by atoms with Gasteiger partial charge in [0.05, 0.1) is 5.56 Å². The summed E-state index contributed by atoms with van der Waals surface area (Å²) < 4.78 is 25.4. The third-order valence-electron chi connectivity index (χ3n) is 1.68. The minimum absolute atomic E-state index is 0.302. The molecule has 0 spiro atoms. The lowest BCUT2D eigenvalue weighted by molar-refractivity contribution is 0.0127. The van der Waals surface area contributed by atoms with Crippen LogP contribution >= 0.6 is 0 Å². The summed E-state index contributed by atoms with van der Waals surface area (Å²) >= 11 is 0. The lowest BCUT2D eigenvalue weighted by Gasteiger charge is -2.09. The molecular weight excluding hydrogens is 174 g/mol. The van der Waals surface area contributed by atoms with Crippen molar-refractivity contribution in [1.82, 2.24) is 4.98 Å². The molecule has 1 aromatic heterocycles. The third kappa shape index (κ3) is 2.00. The summed E-state index contributed by atoms with van der Waals surface area (Å²) in [6.45, 7) is 2.39. The van der Waals surface area contributed by atoms with Crippen LogP contribution in [0.15, 0.2) is 12.3 Å². The molecule has 0 saturated heterocycles. The molecule has 0 N–H and O–H groups in total. The van der Waals surface area contributed by atoms with Gasteiger partial charge in [-0.2, -0.15) is 14.0 Å². The molecule has 0 radical (unpaired) electrons. The Morgan fingerprint density at radius 2 is 2.15 bits per heavy atom. The van der Waals surface area contributed by atoms with Crippen molar-refractivity contribution in [3.8, 4) is 6.07 Å². The quantitative estimate of drug-likeness (QED) is 0.668. The van der Waals surface area contributed by atoms with Gasteiger partial charge in [-0.15, -0.1) is 0 Å². The number of alkyl halides is 2. The lowest BCUT2D eigenvalue weighted by atomic mass is 10.1. The first-order valence-electron chi connectivity index (χ1n) is 3.70. The summed E-state index contributed by atoms with van der Waals surface area (Å²) in [6, 6.07) is 3.10. The van der Waals surface area contributed by atoms with Gasteiger partial charge in [-0.1, -0.05) is 0 Å². The Hall–Kier alpha value is -1.50. The van der Waals surface area contributed by atoms with E-state index in [1.54, 1.807) is 6.92 Å². The van der Waals surface area contributed by atoms with Crippen molar-refractivity contribution in [3.63, 3.8) is 0 Å². The van der Waals surface area contributed by atoms with Crippen LogP contribution in [0.5, 0.6) is 0 Å². The highest BCUT2D eigenvalue weighted by Crippen LogP contribution is 2.25. The maximum atomic E-state index is 12.7. The monoisotopic (exact) mass is 182 g/mol. The van der Waals surface area contributed by atoms with E-state index < -0.39 is 5.92 Å². The molecule has 13 heavy (non-hydrogen) atoms. The van der Waals surface area contributed by atoms with Crippen LogP contribution in [0.25, 0.3) is 0 Å². The van der Waals surface area contributed by atoms with E-state index in [1.165, 1.54) is 12.3 Å². The van der Waals surface area contributed by atoms with Gasteiger partial charge in [-0.3, -0.25) is 4.98 Å². The van der Waals surface area contributed by atoms with Crippen LogP contribution in [0, 0.1) is 18.3 Å². The van der Waals surface area contributed by atoms with Crippen LogP contribution in [0.3, 0.4) is 0 Å². The van der Waals surface area contributed by atoms with E-state index in [1.807, 2.05) is 6.07 Å². The SMILES string of the molecule is Cc1cc(C(C)(F)F)ncc1C#N. The van der Waals surface area contributed by atoms with Crippen molar-refractivity contribution in [2.75, 3.05) is 0 Å². The zero-order chi connectivity index (χ0) is 10.1. The van der Waals surface area contributed by atoms with E-state index in [-0.39, 0.29) is 5.69 Å². The number of rotatable bonds is 1. The Morgan fingerprint density at radius 1 is 1.54 bits per heavy atom. The van der Waals surface area contributed by atoms with Gasteiger partial charge >= 0.3 is 0 Å². The van der Waals surface area contributed by atoms with Crippen molar-refractivity contribution in [1.29, 1.82) is 5.26 Å². The summed E-state index contributed by atoms with van der Waals surface area (Å²) in [5.74, 6) is -2.95. The van der Waals surface area contributed by atoms with Gasteiger partial charge in [0.25, 0.3) is 5.92 Å². The van der Waals surface area contributed by atoms with Gasteiger partial charge in [0.15, 0.2) is 0 Å². The van der Waals surface area contributed by atoms with Crippen LogP contribution in [0.2, 0.25) is 0 Å². The van der Waals surface area contributed by atoms with Crippen LogP contribution in [0.1, 0.15) is 23.7 Å². The molecule has 0 aliphatic heterocycles. The van der Waals surface area contributed by atoms with Crippen molar-refractivity contribution in [2.24, 2.45) is 0 Å². The molecule has 0 aliphatic rings. The Labute approximate surface area is 74.8 Å². The van der Waals surface area contributed by atoms with Crippen LogP contribution in [-0.2, 0) is 5.92 Å². The second kappa shape index (κ2) is 3.09. The molecule has 0 aliphatic carbocycles. The van der Waals surface area contributed by atoms with E-state index in [4.69, 9.17) is 5.26 Å². The fourth-order valence-corrected chi connectivity index (χ4v) is 0.913. The molecular formula is C9H8F2N2. The molecule has 2 nitrogen and oxygen atoms in total. The van der Waals surface area contributed by atoms with Gasteiger partial charge in [0, 0.05) is 13.1 Å². The second-order valence-electron chi connectivity index (χ2n) is 2.88. The molecule has 0 amide bonds. The van der Waals surface area contributed by atoms with Gasteiger partial charge in [-0.05, 0) is 18.6 Å². The molecule has 0 atom stereocenters. The minimum atomic E-state index is -2.95. The van der Waals surface area contributed by atoms with Gasteiger partial charge in [0.2, 0.25) is 0 Å². The average Bonchev–Trinajstić information content (AvgIpc) is 2.02. The topological polar surface area (TPSA) is 36.7 Å². The number of halogens is 2. The molecule has 1 aromatic rings. The number of pyridine rings is 1. The molecule has 0 saturated carbocycles.